The lowest BCUT2D eigenvalue weighted by molar-refractivity contribution is -0.116. The maximum absolute atomic E-state index is 13.0. The van der Waals surface area contributed by atoms with Gasteiger partial charge in [-0.15, -0.1) is 0 Å². The summed E-state index contributed by atoms with van der Waals surface area (Å²) in [4.78, 5) is 11.7. The van der Waals surface area contributed by atoms with E-state index < -0.39 is 5.82 Å². The lowest BCUT2D eigenvalue weighted by Crippen LogP contribution is -2.15. The van der Waals surface area contributed by atoms with Gasteiger partial charge in [-0.05, 0) is 65.1 Å². The van der Waals surface area contributed by atoms with Crippen LogP contribution in [0.3, 0.4) is 0 Å². The minimum Gasteiger partial charge on any atom is -0.493 e. The quantitative estimate of drug-likeness (QED) is 0.597. The number of halogens is 2. The van der Waals surface area contributed by atoms with Gasteiger partial charge in [0.05, 0.1) is 18.7 Å². The first-order valence-corrected chi connectivity index (χ1v) is 7.36. The van der Waals surface area contributed by atoms with Crippen LogP contribution in [-0.2, 0) is 4.79 Å². The van der Waals surface area contributed by atoms with Crippen LogP contribution in [0.4, 0.5) is 15.8 Å². The van der Waals surface area contributed by atoms with Gasteiger partial charge in [-0.3, -0.25) is 4.79 Å². The van der Waals surface area contributed by atoms with Gasteiger partial charge in [0, 0.05) is 9.26 Å². The summed E-state index contributed by atoms with van der Waals surface area (Å²) in [6.45, 7) is 0.267. The first-order valence-electron chi connectivity index (χ1n) is 6.28. The van der Waals surface area contributed by atoms with Crippen molar-refractivity contribution >= 4 is 39.9 Å². The summed E-state index contributed by atoms with van der Waals surface area (Å²) in [5, 5.41) is 2.64. The van der Waals surface area contributed by atoms with E-state index in [9.17, 15) is 9.18 Å². The maximum Gasteiger partial charge on any atom is 0.227 e. The van der Waals surface area contributed by atoms with Crippen LogP contribution in [0.2, 0.25) is 0 Å². The average Bonchev–Trinajstić information content (AvgIpc) is 2.45. The molecule has 0 radical (unpaired) electrons. The normalized spacial score (nSPS) is 10.2. The molecule has 2 rings (SSSR count). The van der Waals surface area contributed by atoms with Gasteiger partial charge in [-0.25, -0.2) is 4.39 Å². The van der Waals surface area contributed by atoms with Gasteiger partial charge in [0.1, 0.15) is 11.6 Å². The van der Waals surface area contributed by atoms with Gasteiger partial charge in [0.25, 0.3) is 0 Å². The third-order valence-electron chi connectivity index (χ3n) is 2.69. The zero-order valence-electron chi connectivity index (χ0n) is 11.1. The molecule has 0 saturated carbocycles. The molecule has 0 aliphatic carbocycles. The van der Waals surface area contributed by atoms with Gasteiger partial charge in [-0.1, -0.05) is 0 Å². The molecule has 110 valence electrons. The highest BCUT2D eigenvalue weighted by atomic mass is 127. The minimum absolute atomic E-state index is 0.00272. The van der Waals surface area contributed by atoms with E-state index in [4.69, 9.17) is 10.5 Å². The zero-order valence-corrected chi connectivity index (χ0v) is 13.3. The number of benzene rings is 2. The molecular formula is C15H14FIN2O2. The summed E-state index contributed by atoms with van der Waals surface area (Å²) in [5.74, 6) is -0.00388. The molecule has 0 unspecified atom stereocenters. The SMILES string of the molecule is Nc1cc(NC(=O)CCOc2ccc(I)cc2)ccc1F. The second-order valence-electron chi connectivity index (χ2n) is 4.34. The van der Waals surface area contributed by atoms with Crippen LogP contribution in [0, 0.1) is 9.39 Å². The van der Waals surface area contributed by atoms with E-state index in [0.29, 0.717) is 11.4 Å². The van der Waals surface area contributed by atoms with Crippen LogP contribution in [0.1, 0.15) is 6.42 Å². The molecule has 1 amide bonds. The number of rotatable bonds is 5. The molecule has 2 aromatic rings. The van der Waals surface area contributed by atoms with E-state index in [1.165, 1.54) is 18.2 Å². The Morgan fingerprint density at radius 2 is 1.95 bits per heavy atom. The lowest BCUT2D eigenvalue weighted by Gasteiger charge is -2.08. The largest absolute Gasteiger partial charge is 0.493 e. The highest BCUT2D eigenvalue weighted by Gasteiger charge is 2.05. The molecule has 0 saturated heterocycles. The highest BCUT2D eigenvalue weighted by molar-refractivity contribution is 14.1. The second kappa shape index (κ2) is 7.26. The number of hydrogen-bond acceptors (Lipinski definition) is 3. The number of nitrogens with one attached hydrogen (secondary N) is 1. The molecule has 2 aromatic carbocycles. The molecule has 0 atom stereocenters. The molecule has 0 aliphatic rings. The van der Waals surface area contributed by atoms with Crippen LogP contribution in [0.15, 0.2) is 42.5 Å². The standard InChI is InChI=1S/C15H14FIN2O2/c16-13-6-3-11(9-14(13)18)19-15(20)7-8-21-12-4-1-10(17)2-5-12/h1-6,9H,7-8,18H2,(H,19,20). The number of nitrogens with two attached hydrogens (primary N) is 1. The number of carbonyl (C=O) groups is 1. The van der Waals surface area contributed by atoms with Crippen molar-refractivity contribution in [2.45, 2.75) is 6.42 Å². The zero-order chi connectivity index (χ0) is 15.2. The second-order valence-corrected chi connectivity index (χ2v) is 5.58. The third kappa shape index (κ3) is 4.89. The Balaban J connectivity index is 1.79. The molecule has 21 heavy (non-hydrogen) atoms. The van der Waals surface area contributed by atoms with Crippen molar-refractivity contribution in [1.29, 1.82) is 0 Å². The van der Waals surface area contributed by atoms with Crippen molar-refractivity contribution in [3.05, 3.63) is 51.9 Å². The average molecular weight is 400 g/mol. The van der Waals surface area contributed by atoms with E-state index in [1.807, 2.05) is 24.3 Å². The van der Waals surface area contributed by atoms with Crippen molar-refractivity contribution < 1.29 is 13.9 Å². The monoisotopic (exact) mass is 400 g/mol. The summed E-state index contributed by atoms with van der Waals surface area (Å²) in [6, 6.07) is 11.6. The third-order valence-corrected chi connectivity index (χ3v) is 3.41. The van der Waals surface area contributed by atoms with E-state index >= 15 is 0 Å². The van der Waals surface area contributed by atoms with Gasteiger partial charge >= 0.3 is 0 Å². The smallest absolute Gasteiger partial charge is 0.227 e. The van der Waals surface area contributed by atoms with E-state index in [1.54, 1.807) is 0 Å². The van der Waals surface area contributed by atoms with Crippen LogP contribution < -0.4 is 15.8 Å². The lowest BCUT2D eigenvalue weighted by atomic mass is 10.2. The molecule has 0 aromatic heterocycles. The molecular weight excluding hydrogens is 386 g/mol. The van der Waals surface area contributed by atoms with Crippen LogP contribution in [-0.4, -0.2) is 12.5 Å². The van der Waals surface area contributed by atoms with E-state index in [-0.39, 0.29) is 24.6 Å². The number of nitrogen functional groups attached to an aromatic ring is 1. The van der Waals surface area contributed by atoms with Crippen molar-refractivity contribution in [2.75, 3.05) is 17.7 Å². The number of hydrogen-bond donors (Lipinski definition) is 2. The van der Waals surface area contributed by atoms with E-state index in [2.05, 4.69) is 27.9 Å². The van der Waals surface area contributed by atoms with Gasteiger partial charge in [0.15, 0.2) is 0 Å². The van der Waals surface area contributed by atoms with Crippen LogP contribution in [0.5, 0.6) is 5.75 Å². The van der Waals surface area contributed by atoms with E-state index in [0.717, 1.165) is 3.57 Å². The molecule has 0 aliphatic heterocycles. The Morgan fingerprint density at radius 1 is 1.24 bits per heavy atom. The maximum atomic E-state index is 13.0. The predicted octanol–water partition coefficient (Wildman–Crippen LogP) is 3.42. The summed E-state index contributed by atoms with van der Waals surface area (Å²) < 4.78 is 19.6. The fraction of sp³-hybridized carbons (Fsp3) is 0.133. The molecule has 3 N–H and O–H groups in total. The summed E-state index contributed by atoms with van der Waals surface area (Å²) in [7, 11) is 0. The summed E-state index contributed by atoms with van der Waals surface area (Å²) in [6.07, 6.45) is 0.198. The van der Waals surface area contributed by atoms with Crippen molar-refractivity contribution in [3.63, 3.8) is 0 Å². The first-order chi connectivity index (χ1) is 10.0. The Bertz CT molecular complexity index is 632. The highest BCUT2D eigenvalue weighted by Crippen LogP contribution is 2.17. The van der Waals surface area contributed by atoms with Crippen LogP contribution in [0.25, 0.3) is 0 Å². The fourth-order valence-corrected chi connectivity index (χ4v) is 2.00. The molecule has 0 fully saturated rings. The Morgan fingerprint density at radius 3 is 2.62 bits per heavy atom. The number of amides is 1. The Labute approximate surface area is 135 Å². The summed E-state index contributed by atoms with van der Waals surface area (Å²) in [5.41, 5.74) is 5.90. The predicted molar refractivity (Wildman–Crippen MR) is 88.7 cm³/mol. The van der Waals surface area contributed by atoms with Crippen molar-refractivity contribution in [3.8, 4) is 5.75 Å². The van der Waals surface area contributed by atoms with Gasteiger partial charge in [0.2, 0.25) is 5.91 Å². The minimum atomic E-state index is -0.505. The van der Waals surface area contributed by atoms with Gasteiger partial charge in [-0.2, -0.15) is 0 Å². The Hall–Kier alpha value is -1.83. The topological polar surface area (TPSA) is 64.3 Å². The van der Waals surface area contributed by atoms with Crippen molar-refractivity contribution in [2.24, 2.45) is 0 Å². The number of carbonyl (C=O) groups excluding carboxylic acids is 1. The first kappa shape index (κ1) is 15.6. The molecule has 0 spiro atoms. The number of ether oxygens (including phenoxy) is 1. The fourth-order valence-electron chi connectivity index (χ4n) is 1.64. The molecule has 4 nitrogen and oxygen atoms in total. The molecule has 0 heterocycles. The molecule has 0 bridgehead atoms. The Kier molecular flexibility index (Phi) is 5.38. The molecule has 6 heteroatoms. The van der Waals surface area contributed by atoms with Crippen molar-refractivity contribution in [1.82, 2.24) is 0 Å². The number of anilines is 2. The van der Waals surface area contributed by atoms with Crippen LogP contribution >= 0.6 is 22.6 Å². The van der Waals surface area contributed by atoms with Gasteiger partial charge < -0.3 is 15.8 Å². The summed E-state index contributed by atoms with van der Waals surface area (Å²) >= 11 is 2.21.